The molecule has 0 fully saturated rings. The van der Waals surface area contributed by atoms with Crippen LogP contribution in [-0.4, -0.2) is 20.1 Å². The third-order valence-electron chi connectivity index (χ3n) is 2.93. The smallest absolute Gasteiger partial charge is 0.269 e. The normalized spacial score (nSPS) is 11.4. The number of halogens is 2. The molecule has 0 saturated heterocycles. The molecule has 0 atom stereocenters. The Labute approximate surface area is 131 Å². The molecule has 0 spiro atoms. The van der Waals surface area contributed by atoms with Gasteiger partial charge in [0.05, 0.1) is 11.5 Å². The first-order chi connectivity index (χ1) is 10.9. The molecule has 0 heterocycles. The number of amides is 1. The summed E-state index contributed by atoms with van der Waals surface area (Å²) < 4.78 is 47.3. The van der Waals surface area contributed by atoms with Crippen molar-refractivity contribution in [1.29, 1.82) is 0 Å². The van der Waals surface area contributed by atoms with Crippen LogP contribution in [0.2, 0.25) is 0 Å². The highest BCUT2D eigenvalue weighted by Gasteiger charge is 2.26. The quantitative estimate of drug-likeness (QED) is 0.820. The molecule has 5 nitrogen and oxygen atoms in total. The molecule has 0 unspecified atom stereocenters. The standard InChI is InChI=1S/C15H13F2NO4S/c16-15(17)23(20,21)13-8-6-12(7-9-13)14(19)18-22-10-11-4-2-1-3-5-11/h1-9,15H,10H2,(H,18,19). The first kappa shape index (κ1) is 17.0. The van der Waals surface area contributed by atoms with Crippen molar-refractivity contribution < 1.29 is 26.8 Å². The Bertz CT molecular complexity index is 762. The van der Waals surface area contributed by atoms with E-state index in [0.29, 0.717) is 0 Å². The number of hydroxylamine groups is 1. The number of nitrogens with one attached hydrogen (secondary N) is 1. The van der Waals surface area contributed by atoms with E-state index in [4.69, 9.17) is 4.84 Å². The molecule has 2 aromatic rings. The van der Waals surface area contributed by atoms with Gasteiger partial charge in [0.25, 0.3) is 5.91 Å². The number of carbonyl (C=O) groups excluding carboxylic acids is 1. The summed E-state index contributed by atoms with van der Waals surface area (Å²) >= 11 is 0. The fraction of sp³-hybridized carbons (Fsp3) is 0.133. The minimum atomic E-state index is -4.67. The van der Waals surface area contributed by atoms with Crippen LogP contribution in [0.3, 0.4) is 0 Å². The van der Waals surface area contributed by atoms with Gasteiger partial charge in [0, 0.05) is 5.56 Å². The number of alkyl halides is 2. The molecule has 2 rings (SSSR count). The van der Waals surface area contributed by atoms with Crippen molar-refractivity contribution in [2.75, 3.05) is 0 Å². The third kappa shape index (κ3) is 4.33. The van der Waals surface area contributed by atoms with Gasteiger partial charge in [-0.15, -0.1) is 0 Å². The Morgan fingerprint density at radius 1 is 1.04 bits per heavy atom. The van der Waals surface area contributed by atoms with Gasteiger partial charge in [-0.1, -0.05) is 30.3 Å². The first-order valence-corrected chi connectivity index (χ1v) is 8.04. The molecular weight excluding hydrogens is 328 g/mol. The highest BCUT2D eigenvalue weighted by Crippen LogP contribution is 2.18. The molecule has 1 amide bonds. The fourth-order valence-electron chi connectivity index (χ4n) is 1.72. The zero-order chi connectivity index (χ0) is 16.9. The molecule has 2 aromatic carbocycles. The van der Waals surface area contributed by atoms with Gasteiger partial charge in [-0.05, 0) is 29.8 Å². The number of carbonyl (C=O) groups is 1. The number of hydrogen-bond donors (Lipinski definition) is 1. The van der Waals surface area contributed by atoms with E-state index in [9.17, 15) is 22.0 Å². The van der Waals surface area contributed by atoms with Crippen molar-refractivity contribution in [2.24, 2.45) is 0 Å². The molecular formula is C15H13F2NO4S. The van der Waals surface area contributed by atoms with Crippen molar-refractivity contribution in [2.45, 2.75) is 17.3 Å². The van der Waals surface area contributed by atoms with E-state index in [1.165, 1.54) is 0 Å². The Morgan fingerprint density at radius 2 is 1.65 bits per heavy atom. The first-order valence-electron chi connectivity index (χ1n) is 6.49. The highest BCUT2D eigenvalue weighted by molar-refractivity contribution is 7.91. The minimum absolute atomic E-state index is 0.0891. The van der Waals surface area contributed by atoms with Crippen LogP contribution in [0.5, 0.6) is 0 Å². The van der Waals surface area contributed by atoms with Crippen LogP contribution in [0.25, 0.3) is 0 Å². The van der Waals surface area contributed by atoms with Crippen LogP contribution in [-0.2, 0) is 21.3 Å². The zero-order valence-corrected chi connectivity index (χ0v) is 12.6. The molecule has 1 N–H and O–H groups in total. The molecule has 8 heteroatoms. The summed E-state index contributed by atoms with van der Waals surface area (Å²) in [5.74, 6) is -4.11. The van der Waals surface area contributed by atoms with Crippen molar-refractivity contribution in [3.8, 4) is 0 Å². The van der Waals surface area contributed by atoms with Gasteiger partial charge in [0.15, 0.2) is 0 Å². The molecule has 0 aliphatic heterocycles. The highest BCUT2D eigenvalue weighted by atomic mass is 32.2. The Hall–Kier alpha value is -2.32. The third-order valence-corrected chi connectivity index (χ3v) is 4.32. The lowest BCUT2D eigenvalue weighted by Crippen LogP contribution is -2.23. The Balaban J connectivity index is 1.95. The van der Waals surface area contributed by atoms with E-state index in [2.05, 4.69) is 5.48 Å². The topological polar surface area (TPSA) is 72.5 Å². The van der Waals surface area contributed by atoms with Gasteiger partial charge in [-0.3, -0.25) is 9.63 Å². The predicted octanol–water partition coefficient (Wildman–Crippen LogP) is 2.54. The number of hydrogen-bond acceptors (Lipinski definition) is 4. The van der Waals surface area contributed by atoms with Crippen LogP contribution in [0.1, 0.15) is 15.9 Å². The number of sulfone groups is 1. The number of rotatable bonds is 6. The largest absolute Gasteiger partial charge is 0.341 e. The lowest BCUT2D eigenvalue weighted by Gasteiger charge is -2.07. The predicted molar refractivity (Wildman–Crippen MR) is 78.3 cm³/mol. The maximum absolute atomic E-state index is 12.4. The molecule has 0 aromatic heterocycles. The van der Waals surface area contributed by atoms with E-state index in [-0.39, 0.29) is 12.2 Å². The molecule has 0 aliphatic rings. The zero-order valence-electron chi connectivity index (χ0n) is 11.8. The monoisotopic (exact) mass is 341 g/mol. The van der Waals surface area contributed by atoms with E-state index >= 15 is 0 Å². The lowest BCUT2D eigenvalue weighted by molar-refractivity contribution is 0.0233. The van der Waals surface area contributed by atoms with Gasteiger partial charge in [0.1, 0.15) is 0 Å². The minimum Gasteiger partial charge on any atom is -0.269 e. The van der Waals surface area contributed by atoms with Gasteiger partial charge >= 0.3 is 5.76 Å². The van der Waals surface area contributed by atoms with Crippen molar-refractivity contribution in [3.63, 3.8) is 0 Å². The summed E-state index contributed by atoms with van der Waals surface area (Å²) in [6.45, 7) is 0.157. The van der Waals surface area contributed by atoms with Crippen molar-refractivity contribution in [1.82, 2.24) is 5.48 Å². The summed E-state index contributed by atoms with van der Waals surface area (Å²) in [6.07, 6.45) is 0. The van der Waals surface area contributed by atoms with Crippen LogP contribution in [0.15, 0.2) is 59.5 Å². The second-order valence-corrected chi connectivity index (χ2v) is 6.45. The van der Waals surface area contributed by atoms with Gasteiger partial charge < -0.3 is 0 Å². The molecule has 122 valence electrons. The molecule has 0 saturated carbocycles. The SMILES string of the molecule is O=C(NOCc1ccccc1)c1ccc(S(=O)(=O)C(F)F)cc1. The van der Waals surface area contributed by atoms with Crippen LogP contribution >= 0.6 is 0 Å². The van der Waals surface area contributed by atoms with E-state index in [1.807, 2.05) is 30.3 Å². The van der Waals surface area contributed by atoms with Gasteiger partial charge in [-0.25, -0.2) is 13.9 Å². The van der Waals surface area contributed by atoms with Crippen molar-refractivity contribution >= 4 is 15.7 Å². The van der Waals surface area contributed by atoms with Crippen LogP contribution < -0.4 is 5.48 Å². The second-order valence-electron chi connectivity index (χ2n) is 4.54. The molecule has 0 bridgehead atoms. The van der Waals surface area contributed by atoms with E-state index in [0.717, 1.165) is 29.8 Å². The summed E-state index contributed by atoms with van der Waals surface area (Å²) in [7, 11) is -4.67. The molecule has 0 aliphatic carbocycles. The van der Waals surface area contributed by atoms with Gasteiger partial charge in [0.2, 0.25) is 9.84 Å². The average molecular weight is 341 g/mol. The average Bonchev–Trinajstić information content (AvgIpc) is 2.55. The van der Waals surface area contributed by atoms with E-state index in [1.54, 1.807) is 0 Å². The van der Waals surface area contributed by atoms with Gasteiger partial charge in [-0.2, -0.15) is 8.78 Å². The summed E-state index contributed by atoms with van der Waals surface area (Å²) in [5.41, 5.74) is 3.13. The fourth-order valence-corrected chi connectivity index (χ4v) is 2.44. The maximum Gasteiger partial charge on any atom is 0.341 e. The summed E-state index contributed by atoms with van der Waals surface area (Å²) in [6, 6.07) is 13.3. The van der Waals surface area contributed by atoms with Crippen LogP contribution in [0.4, 0.5) is 8.78 Å². The summed E-state index contributed by atoms with van der Waals surface area (Å²) in [5, 5.41) is 0. The Kier molecular flexibility index (Phi) is 5.41. The maximum atomic E-state index is 12.4. The molecule has 23 heavy (non-hydrogen) atoms. The molecule has 0 radical (unpaired) electrons. The number of benzene rings is 2. The van der Waals surface area contributed by atoms with Crippen molar-refractivity contribution in [3.05, 3.63) is 65.7 Å². The summed E-state index contributed by atoms with van der Waals surface area (Å²) in [4.78, 5) is 16.3. The lowest BCUT2D eigenvalue weighted by atomic mass is 10.2. The van der Waals surface area contributed by atoms with Crippen LogP contribution in [0, 0.1) is 0 Å². The van der Waals surface area contributed by atoms with E-state index < -0.39 is 26.4 Å². The Morgan fingerprint density at radius 3 is 2.22 bits per heavy atom. The second kappa shape index (κ2) is 7.30.